The topological polar surface area (TPSA) is 47.6 Å². The van der Waals surface area contributed by atoms with Crippen molar-refractivity contribution in [1.82, 2.24) is 0 Å². The van der Waals surface area contributed by atoms with Crippen LogP contribution in [-0.4, -0.2) is 25.7 Å². The van der Waals surface area contributed by atoms with Crippen molar-refractivity contribution in [1.29, 1.82) is 0 Å². The van der Waals surface area contributed by atoms with Gasteiger partial charge in [-0.05, 0) is 37.1 Å². The third-order valence-corrected chi connectivity index (χ3v) is 2.36. The molecule has 0 spiro atoms. The van der Waals surface area contributed by atoms with Crippen LogP contribution in [0, 0.1) is 0 Å². The molecule has 1 aromatic rings. The molecule has 0 heterocycles. The predicted octanol–water partition coefficient (Wildman–Crippen LogP) is 3.26. The number of hydrogen-bond acceptors (Lipinski definition) is 3. The molecule has 94 valence electrons. The monoisotopic (exact) mass is 257 g/mol. The van der Waals surface area contributed by atoms with Gasteiger partial charge in [0.2, 0.25) is 0 Å². The third-order valence-electron chi connectivity index (χ3n) is 2.10. The summed E-state index contributed by atoms with van der Waals surface area (Å²) in [5.74, 6) is 1.33. The zero-order valence-corrected chi connectivity index (χ0v) is 10.5. The summed E-state index contributed by atoms with van der Waals surface area (Å²) in [6.45, 7) is 0.384. The molecule has 0 aliphatic rings. The van der Waals surface area contributed by atoms with Crippen molar-refractivity contribution in [3.05, 3.63) is 24.3 Å². The molecule has 1 aromatic carbocycles. The lowest BCUT2D eigenvalue weighted by molar-refractivity contribution is 0.160. The van der Waals surface area contributed by atoms with Crippen molar-refractivity contribution in [2.75, 3.05) is 24.9 Å². The maximum Gasteiger partial charge on any atom is 0.411 e. The Bertz CT molecular complexity index is 340. The van der Waals surface area contributed by atoms with Gasteiger partial charge in [0.1, 0.15) is 5.75 Å². The summed E-state index contributed by atoms with van der Waals surface area (Å²) in [7, 11) is 1.59. The molecule has 0 bridgehead atoms. The normalized spacial score (nSPS) is 9.76. The number of rotatable bonds is 6. The first kappa shape index (κ1) is 13.6. The van der Waals surface area contributed by atoms with E-state index in [2.05, 4.69) is 5.32 Å². The van der Waals surface area contributed by atoms with Gasteiger partial charge < -0.3 is 9.47 Å². The average Bonchev–Trinajstić information content (AvgIpc) is 2.36. The van der Waals surface area contributed by atoms with E-state index < -0.39 is 6.09 Å². The van der Waals surface area contributed by atoms with Crippen LogP contribution < -0.4 is 10.1 Å². The number of methoxy groups -OCH3 is 1. The molecule has 0 aliphatic carbocycles. The van der Waals surface area contributed by atoms with Crippen LogP contribution in [0.3, 0.4) is 0 Å². The van der Waals surface area contributed by atoms with E-state index >= 15 is 0 Å². The van der Waals surface area contributed by atoms with Crippen molar-refractivity contribution in [2.45, 2.75) is 12.8 Å². The van der Waals surface area contributed by atoms with Crippen molar-refractivity contribution in [3.8, 4) is 5.75 Å². The predicted molar refractivity (Wildman–Crippen MR) is 67.9 cm³/mol. The van der Waals surface area contributed by atoms with E-state index in [1.807, 2.05) is 0 Å². The van der Waals surface area contributed by atoms with Gasteiger partial charge >= 0.3 is 6.09 Å². The average molecular weight is 258 g/mol. The van der Waals surface area contributed by atoms with Gasteiger partial charge in [-0.3, -0.25) is 5.32 Å². The SMILES string of the molecule is COc1ccc(NC(=O)OCCCCCl)cc1. The van der Waals surface area contributed by atoms with E-state index in [9.17, 15) is 4.79 Å². The molecule has 5 heteroatoms. The van der Waals surface area contributed by atoms with E-state index in [4.69, 9.17) is 21.1 Å². The summed E-state index contributed by atoms with van der Waals surface area (Å²) in [6.07, 6.45) is 1.17. The molecule has 17 heavy (non-hydrogen) atoms. The van der Waals surface area contributed by atoms with Gasteiger partial charge in [-0.1, -0.05) is 0 Å². The van der Waals surface area contributed by atoms with Gasteiger partial charge in [0.25, 0.3) is 0 Å². The lowest BCUT2D eigenvalue weighted by Gasteiger charge is -2.07. The van der Waals surface area contributed by atoms with Crippen LogP contribution in [0.5, 0.6) is 5.75 Å². The number of carbonyl (C=O) groups is 1. The lowest BCUT2D eigenvalue weighted by Crippen LogP contribution is -2.14. The van der Waals surface area contributed by atoms with E-state index in [0.29, 0.717) is 18.2 Å². The van der Waals surface area contributed by atoms with Gasteiger partial charge in [-0.2, -0.15) is 0 Å². The standard InChI is InChI=1S/C12H16ClNO3/c1-16-11-6-4-10(5-7-11)14-12(15)17-9-3-2-8-13/h4-7H,2-3,8-9H2,1H3,(H,14,15). The Morgan fingerprint density at radius 1 is 1.29 bits per heavy atom. The largest absolute Gasteiger partial charge is 0.497 e. The van der Waals surface area contributed by atoms with Gasteiger partial charge in [-0.15, -0.1) is 11.6 Å². The van der Waals surface area contributed by atoms with Gasteiger partial charge in [-0.25, -0.2) is 4.79 Å². The second-order valence-corrected chi connectivity index (χ2v) is 3.76. The van der Waals surface area contributed by atoms with Crippen LogP contribution in [0.1, 0.15) is 12.8 Å². The minimum absolute atomic E-state index is 0.384. The molecule has 0 unspecified atom stereocenters. The van der Waals surface area contributed by atoms with Crippen LogP contribution in [0.25, 0.3) is 0 Å². The van der Waals surface area contributed by atoms with E-state index in [1.54, 1.807) is 31.4 Å². The number of nitrogens with one attached hydrogen (secondary N) is 1. The maximum absolute atomic E-state index is 11.3. The molecule has 1 rings (SSSR count). The number of ether oxygens (including phenoxy) is 2. The number of benzene rings is 1. The molecule has 0 saturated heterocycles. The fourth-order valence-electron chi connectivity index (χ4n) is 1.19. The van der Waals surface area contributed by atoms with E-state index in [-0.39, 0.29) is 0 Å². The highest BCUT2D eigenvalue weighted by Crippen LogP contribution is 2.15. The van der Waals surface area contributed by atoms with Crippen LogP contribution in [-0.2, 0) is 4.74 Å². The first-order valence-corrected chi connectivity index (χ1v) is 5.93. The molecule has 0 atom stereocenters. The van der Waals surface area contributed by atoms with Crippen LogP contribution in [0.4, 0.5) is 10.5 Å². The second kappa shape index (κ2) is 7.79. The number of hydrogen-bond donors (Lipinski definition) is 1. The van der Waals surface area contributed by atoms with Crippen LogP contribution in [0.2, 0.25) is 0 Å². The maximum atomic E-state index is 11.3. The number of amides is 1. The molecule has 1 amide bonds. The molecule has 0 aliphatic heterocycles. The minimum atomic E-state index is -0.454. The Labute approximate surface area is 106 Å². The van der Waals surface area contributed by atoms with Crippen molar-refractivity contribution in [3.63, 3.8) is 0 Å². The second-order valence-electron chi connectivity index (χ2n) is 3.39. The van der Waals surface area contributed by atoms with E-state index in [1.165, 1.54) is 0 Å². The van der Waals surface area contributed by atoms with Gasteiger partial charge in [0.15, 0.2) is 0 Å². The van der Waals surface area contributed by atoms with Crippen LogP contribution >= 0.6 is 11.6 Å². The molecular formula is C12H16ClNO3. The Balaban J connectivity index is 2.29. The Kier molecular flexibility index (Phi) is 6.25. The lowest BCUT2D eigenvalue weighted by atomic mass is 10.3. The summed E-state index contributed by atoms with van der Waals surface area (Å²) in [5, 5.41) is 2.62. The summed E-state index contributed by atoms with van der Waals surface area (Å²) >= 11 is 5.51. The number of anilines is 1. The number of alkyl halides is 1. The number of halogens is 1. The number of carbonyl (C=O) groups excluding carboxylic acids is 1. The molecule has 1 N–H and O–H groups in total. The highest BCUT2D eigenvalue weighted by molar-refractivity contribution is 6.17. The smallest absolute Gasteiger partial charge is 0.411 e. The molecule has 4 nitrogen and oxygen atoms in total. The fraction of sp³-hybridized carbons (Fsp3) is 0.417. The van der Waals surface area contributed by atoms with Crippen LogP contribution in [0.15, 0.2) is 24.3 Å². The van der Waals surface area contributed by atoms with Gasteiger partial charge in [0.05, 0.1) is 13.7 Å². The third kappa shape index (κ3) is 5.45. The van der Waals surface area contributed by atoms with E-state index in [0.717, 1.165) is 18.6 Å². The number of unbranched alkanes of at least 4 members (excludes halogenated alkanes) is 1. The van der Waals surface area contributed by atoms with Crippen molar-refractivity contribution < 1.29 is 14.3 Å². The Hall–Kier alpha value is -1.42. The van der Waals surface area contributed by atoms with Crippen molar-refractivity contribution in [2.24, 2.45) is 0 Å². The fourth-order valence-corrected chi connectivity index (χ4v) is 1.38. The summed E-state index contributed by atoms with van der Waals surface area (Å²) in [6, 6.07) is 7.03. The van der Waals surface area contributed by atoms with Crippen molar-refractivity contribution >= 4 is 23.4 Å². The quantitative estimate of drug-likeness (QED) is 0.629. The minimum Gasteiger partial charge on any atom is -0.497 e. The molecular weight excluding hydrogens is 242 g/mol. The van der Waals surface area contributed by atoms with Gasteiger partial charge in [0, 0.05) is 11.6 Å². The highest BCUT2D eigenvalue weighted by Gasteiger charge is 2.02. The zero-order chi connectivity index (χ0) is 12.5. The molecule has 0 fully saturated rings. The summed E-state index contributed by atoms with van der Waals surface area (Å²) in [5.41, 5.74) is 0.674. The molecule has 0 saturated carbocycles. The Morgan fingerprint density at radius 2 is 2.00 bits per heavy atom. The summed E-state index contributed by atoms with van der Waals surface area (Å²) < 4.78 is 9.97. The Morgan fingerprint density at radius 3 is 2.59 bits per heavy atom. The first-order chi connectivity index (χ1) is 8.26. The molecule has 0 radical (unpaired) electrons. The molecule has 0 aromatic heterocycles. The first-order valence-electron chi connectivity index (χ1n) is 5.40. The summed E-state index contributed by atoms with van der Waals surface area (Å²) in [4.78, 5) is 11.3. The zero-order valence-electron chi connectivity index (χ0n) is 9.74. The highest BCUT2D eigenvalue weighted by atomic mass is 35.5.